The number of nitrogens with two attached hydrogens (primary N) is 1. The van der Waals surface area contributed by atoms with Crippen molar-refractivity contribution in [3.05, 3.63) is 157 Å². The zero-order chi connectivity index (χ0) is 78.1. The molecule has 6 N–H and O–H groups in total. The van der Waals surface area contributed by atoms with Gasteiger partial charge in [-0.3, -0.25) is 14.4 Å². The monoisotopic (exact) mass is 1620 g/mol. The van der Waals surface area contributed by atoms with E-state index in [9.17, 15) is 19.5 Å². The van der Waals surface area contributed by atoms with Crippen molar-refractivity contribution >= 4 is 185 Å². The molecule has 0 amide bonds. The lowest BCUT2D eigenvalue weighted by Crippen LogP contribution is -1.97. The summed E-state index contributed by atoms with van der Waals surface area (Å²) in [6.07, 6.45) is 22.9. The molecule has 0 aliphatic heterocycles. The predicted molar refractivity (Wildman–Crippen MR) is 410 cm³/mol. The molecule has 0 saturated heterocycles. The number of nitrogens with one attached hydrogen (secondary N) is 1. The van der Waals surface area contributed by atoms with Crippen molar-refractivity contribution in [2.24, 2.45) is 46.3 Å². The summed E-state index contributed by atoms with van der Waals surface area (Å²) in [5.74, 6) is 8.25. The molecule has 0 saturated carbocycles. The Kier molecular flexibility index (Phi) is 34.1. The number of fused-ring (bicyclic) bond motifs is 6. The smallest absolute Gasteiger partial charge is 0.293 e. The van der Waals surface area contributed by atoms with Crippen LogP contribution in [0.25, 0.3) is 100.0 Å². The lowest BCUT2D eigenvalue weighted by atomic mass is 10.1. The molecule has 0 radical (unpaired) electrons. The predicted octanol–water partition coefficient (Wildman–Crippen LogP) is 13.9. The van der Waals surface area contributed by atoms with E-state index in [1.165, 1.54) is 44.2 Å². The number of H-pyrrole nitrogens is 1. The second-order valence-corrected chi connectivity index (χ2v) is 23.3. The van der Waals surface area contributed by atoms with Crippen LogP contribution in [-0.4, -0.2) is 150 Å². The van der Waals surface area contributed by atoms with Gasteiger partial charge in [-0.2, -0.15) is 0 Å². The zero-order valence-electron chi connectivity index (χ0n) is 58.7. The van der Waals surface area contributed by atoms with Crippen molar-refractivity contribution in [1.29, 1.82) is 0 Å². The fraction of sp³-hybridized carbons (Fsp3) is 0.227. The van der Waals surface area contributed by atoms with Crippen molar-refractivity contribution in [2.45, 2.75) is 61.0 Å². The number of ether oxygens (including phenoxy) is 1. The van der Waals surface area contributed by atoms with Crippen molar-refractivity contribution in [3.8, 4) is 46.1 Å². The third kappa shape index (κ3) is 20.3. The summed E-state index contributed by atoms with van der Waals surface area (Å²) in [5, 5.41) is 45.7. The third-order valence-corrected chi connectivity index (χ3v) is 16.3. The summed E-state index contributed by atoms with van der Waals surface area (Å²) in [4.78, 5) is 82.3. The molecular formula is C66H67Cl8N23O10. The SMILES string of the molecule is C#CC.CC.CCOC=O.Cc1cc(-c2c(C=O)n(C)c3ncnc(Cl)c23)no1.Cc1cc(-c2c(CO)n(C)c3ncnc(Cl)c23)no1.Cc1cc(-c2cn(C)c3ncnc(Cl)c23)no1.Cl.ClCc1c[nH]c2ncnc(Cl)c12.Cn1cc(C=NO)c2c(Cl)ncnc21.Cn1cc(C=O)c2c(Cl)ncnc21.NO. The summed E-state index contributed by atoms with van der Waals surface area (Å²) in [6.45, 7) is 13.6. The highest BCUT2D eigenvalue weighted by atomic mass is 35.5. The number of nitrogens with zero attached hydrogens (tertiary/aromatic N) is 21. The van der Waals surface area contributed by atoms with Crippen LogP contribution in [0.2, 0.25) is 30.9 Å². The van der Waals surface area contributed by atoms with Crippen molar-refractivity contribution in [1.82, 2.24) is 103 Å². The molecule has 41 heteroatoms. The number of terminal acetylenes is 1. The van der Waals surface area contributed by atoms with Gasteiger partial charge in [-0.05, 0) is 40.2 Å². The number of alkyl halides is 1. The number of aromatic amines is 1. The van der Waals surface area contributed by atoms with Crippen LogP contribution in [0, 0.1) is 33.1 Å². The Morgan fingerprint density at radius 2 is 0.963 bits per heavy atom. The number of rotatable bonds is 10. The van der Waals surface area contributed by atoms with Crippen LogP contribution in [0.4, 0.5) is 0 Å². The molecular weight excluding hydrogens is 1560 g/mol. The Morgan fingerprint density at radius 3 is 1.38 bits per heavy atom. The summed E-state index contributed by atoms with van der Waals surface area (Å²) in [7, 11) is 9.10. The van der Waals surface area contributed by atoms with Crippen LogP contribution < -0.4 is 5.90 Å². The number of aldehydes is 2. The van der Waals surface area contributed by atoms with E-state index in [1.54, 1.807) is 90.8 Å². The van der Waals surface area contributed by atoms with Gasteiger partial charge in [0.1, 0.15) is 137 Å². The van der Waals surface area contributed by atoms with Crippen molar-refractivity contribution in [3.63, 3.8) is 0 Å². The first-order valence-electron chi connectivity index (χ1n) is 30.6. The van der Waals surface area contributed by atoms with Gasteiger partial charge in [-0.1, -0.05) is 104 Å². The van der Waals surface area contributed by atoms with E-state index in [0.717, 1.165) is 57.2 Å². The van der Waals surface area contributed by atoms with Gasteiger partial charge in [0.15, 0.2) is 12.6 Å². The largest absolute Gasteiger partial charge is 0.468 e. The number of aryl methyl sites for hydroxylation is 8. The Hall–Kier alpha value is -10.6. The van der Waals surface area contributed by atoms with Gasteiger partial charge in [-0.15, -0.1) is 36.4 Å². The standard InChI is InChI=1S/C12H11ClN4O2.C12H9ClN4O2.C11H9ClN4O.C8H7ClN4O.C8H6ClN3O.C7H5Cl2N3.C3H6O2.C3H4.C2H6.ClH.H3NO/c2*1-6-3-7(16-19-6)9-8(4-18)17(2)12-10(9)11(13)14-5-15-12;1-6-3-8(15-17-6)7-4-16(2)11-9(7)10(12)13-5-14-11;1-13-3-5(2-12-14)6-7(9)10-4-11-8(6)13;1-12-2-5(3-13)6-7(9)10-4-11-8(6)12;8-1-4-2-10-7-5(4)6(9)11-3-12-7;1-2-5-3-4;1-3-2;1-2;;1-2/h3,5,18H,4H2,1-2H3;3-5H,1-2H3;3-5H,1-2H3;2-4,14H,1H3;2-4H,1H3;2-3H,1H2,(H,10,11,12);3H,2H2,1H3;1H,2H3;1-2H3;1H;2H,1H2. The van der Waals surface area contributed by atoms with Crippen LogP contribution in [0.5, 0.6) is 0 Å². The average Bonchev–Trinajstić information content (AvgIpc) is 1.60. The van der Waals surface area contributed by atoms with Gasteiger partial charge >= 0.3 is 0 Å². The quantitative estimate of drug-likeness (QED) is 0.0161. The Bertz CT molecular complexity index is 5540. The first kappa shape index (κ1) is 87.0. The molecule has 15 heterocycles. The molecule has 15 aromatic rings. The summed E-state index contributed by atoms with van der Waals surface area (Å²) in [6, 6.07) is 5.39. The Morgan fingerprint density at radius 1 is 0.570 bits per heavy atom. The van der Waals surface area contributed by atoms with Crippen molar-refractivity contribution < 1.29 is 48.2 Å². The van der Waals surface area contributed by atoms with Gasteiger partial charge in [0, 0.05) is 112 Å². The molecule has 0 spiro atoms. The van der Waals surface area contributed by atoms with E-state index < -0.39 is 0 Å². The van der Waals surface area contributed by atoms with Gasteiger partial charge in [0.05, 0.1) is 63.1 Å². The first-order valence-corrected chi connectivity index (χ1v) is 33.4. The fourth-order valence-corrected chi connectivity index (χ4v) is 11.6. The maximum atomic E-state index is 11.3. The average molecular weight is 1630 g/mol. The Balaban J connectivity index is 0.000000224. The van der Waals surface area contributed by atoms with Crippen molar-refractivity contribution in [2.75, 3.05) is 6.61 Å². The molecule has 0 aliphatic carbocycles. The molecule has 107 heavy (non-hydrogen) atoms. The van der Waals surface area contributed by atoms with Gasteiger partial charge in [0.2, 0.25) is 0 Å². The van der Waals surface area contributed by atoms with E-state index in [2.05, 4.69) is 108 Å². The number of aliphatic hydroxyl groups excluding tert-OH is 1. The van der Waals surface area contributed by atoms with Gasteiger partial charge in [-0.25, -0.2) is 65.7 Å². The molecule has 0 fully saturated rings. The van der Waals surface area contributed by atoms with E-state index in [-0.39, 0.29) is 24.2 Å². The minimum absolute atomic E-state index is 0. The van der Waals surface area contributed by atoms with E-state index in [1.807, 2.05) is 58.7 Å². The summed E-state index contributed by atoms with van der Waals surface area (Å²) in [5.41, 5.74) is 11.4. The molecule has 33 nitrogen and oxygen atoms in total. The number of hydrogen-bond donors (Lipinski definition) is 5. The fourth-order valence-electron chi connectivity index (χ4n) is 10.0. The summed E-state index contributed by atoms with van der Waals surface area (Å²) >= 11 is 41.7. The molecule has 0 aliphatic rings. The molecule has 0 bridgehead atoms. The van der Waals surface area contributed by atoms with E-state index in [0.29, 0.717) is 145 Å². The third-order valence-electron chi connectivity index (χ3n) is 14.3. The minimum Gasteiger partial charge on any atom is -0.468 e. The number of aliphatic hydroxyl groups is 1. The molecule has 0 aromatic carbocycles. The molecule has 15 aromatic heterocycles. The first-order chi connectivity index (χ1) is 51.1. The van der Waals surface area contributed by atoms with Crippen LogP contribution >= 0.6 is 93.6 Å². The van der Waals surface area contributed by atoms with Gasteiger partial charge in [0.25, 0.3) is 6.47 Å². The topological polar surface area (TPSA) is 433 Å². The zero-order valence-corrected chi connectivity index (χ0v) is 64.8. The number of carbonyl (C=O) groups excluding carboxylic acids is 3. The number of oxime groups is 1. The lowest BCUT2D eigenvalue weighted by Gasteiger charge is -2.00. The highest BCUT2D eigenvalue weighted by Crippen LogP contribution is 2.38. The summed E-state index contributed by atoms with van der Waals surface area (Å²) < 4.78 is 28.2. The molecule has 0 atom stereocenters. The Labute approximate surface area is 649 Å². The second-order valence-electron chi connectivity index (χ2n) is 20.8. The maximum absolute atomic E-state index is 11.3. The normalized spacial score (nSPS) is 10.3. The minimum atomic E-state index is -0.148. The maximum Gasteiger partial charge on any atom is 0.293 e. The molecule has 562 valence electrons. The van der Waals surface area contributed by atoms with Crippen LogP contribution in [0.3, 0.4) is 0 Å². The van der Waals surface area contributed by atoms with Crippen LogP contribution in [-0.2, 0) is 57.3 Å². The highest BCUT2D eigenvalue weighted by Gasteiger charge is 2.25. The lowest BCUT2D eigenvalue weighted by molar-refractivity contribution is -0.128. The molecule has 0 unspecified atom stereocenters. The highest BCUT2D eigenvalue weighted by molar-refractivity contribution is 6.37. The second kappa shape index (κ2) is 41.9. The van der Waals surface area contributed by atoms with Crippen LogP contribution in [0.1, 0.15) is 82.6 Å². The number of carbonyl (C=O) groups is 3. The number of aromatic nitrogens is 21. The number of hydrogen-bond acceptors (Lipinski definition) is 27. The van der Waals surface area contributed by atoms with E-state index in [4.69, 9.17) is 105 Å². The van der Waals surface area contributed by atoms with Crippen LogP contribution in [0.15, 0.2) is 99.7 Å². The molecule has 15 rings (SSSR count). The van der Waals surface area contributed by atoms with E-state index >= 15 is 0 Å². The van der Waals surface area contributed by atoms with Gasteiger partial charge < -0.3 is 61.6 Å². The number of halogens is 8.